The molecule has 0 aromatic heterocycles. The lowest BCUT2D eigenvalue weighted by molar-refractivity contribution is -0.209. The maximum absolute atomic E-state index is 11.1. The summed E-state index contributed by atoms with van der Waals surface area (Å²) >= 11 is 0. The predicted molar refractivity (Wildman–Crippen MR) is 235 cm³/mol. The molecule has 2 heteroatoms. The van der Waals surface area contributed by atoms with Gasteiger partial charge in [0.2, 0.25) is 0 Å². The minimum absolute atomic E-state index is 0.0586. The fourth-order valence-corrected chi connectivity index (χ4v) is 8.55. The zero-order valence-corrected chi connectivity index (χ0v) is 36.8. The van der Waals surface area contributed by atoms with Crippen molar-refractivity contribution in [2.24, 2.45) is 5.92 Å². The molecule has 1 atom stereocenters. The first-order chi connectivity index (χ1) is 25.6. The quantitative estimate of drug-likeness (QED) is 0.0483. The molecule has 1 unspecified atom stereocenters. The zero-order valence-electron chi connectivity index (χ0n) is 36.8. The molecule has 0 radical (unpaired) electrons. The van der Waals surface area contributed by atoms with Crippen LogP contribution in [0.15, 0.2) is 0 Å². The van der Waals surface area contributed by atoms with Gasteiger partial charge in [-0.3, -0.25) is 0 Å². The normalized spacial score (nSPS) is 12.6. The minimum atomic E-state index is -1.46. The van der Waals surface area contributed by atoms with Crippen LogP contribution in [0.3, 0.4) is 0 Å². The Morgan fingerprint density at radius 1 is 0.250 bits per heavy atom. The van der Waals surface area contributed by atoms with Crippen LogP contribution >= 0.6 is 0 Å². The Bertz CT molecular complexity index is 630. The van der Waals surface area contributed by atoms with E-state index in [1.807, 2.05) is 0 Å². The number of hydrogen-bond acceptors (Lipinski definition) is 2. The van der Waals surface area contributed by atoms with Crippen molar-refractivity contribution in [3.63, 3.8) is 0 Å². The van der Waals surface area contributed by atoms with Crippen molar-refractivity contribution in [2.45, 2.75) is 315 Å². The molecule has 0 spiro atoms. The third kappa shape index (κ3) is 39.6. The molecular weight excluding hydrogens is 633 g/mol. The van der Waals surface area contributed by atoms with E-state index in [2.05, 4.69) is 20.8 Å². The Hall–Kier alpha value is -0.0800. The molecule has 0 bridgehead atoms. The van der Waals surface area contributed by atoms with Crippen LogP contribution in [0.25, 0.3) is 0 Å². The number of rotatable bonds is 46. The smallest absolute Gasteiger partial charge is 0.165 e. The van der Waals surface area contributed by atoms with Crippen molar-refractivity contribution in [1.82, 2.24) is 0 Å². The van der Waals surface area contributed by atoms with E-state index >= 15 is 0 Å². The Kier molecular flexibility index (Phi) is 43.6. The molecular formula is C50H102O2. The summed E-state index contributed by atoms with van der Waals surface area (Å²) in [6.45, 7) is 6.83. The van der Waals surface area contributed by atoms with Crippen molar-refractivity contribution in [1.29, 1.82) is 0 Å². The molecule has 0 rings (SSSR count). The molecule has 0 aliphatic carbocycles. The van der Waals surface area contributed by atoms with E-state index in [0.29, 0.717) is 6.42 Å². The number of aliphatic hydroxyl groups is 2. The SMILES string of the molecule is CCCCCCCCCCCCCCCCCCCCCCC(CCCC)C(O)(O)CCCCCCCCCCCCCCCCCCCCCC. The highest BCUT2D eigenvalue weighted by molar-refractivity contribution is 4.76. The summed E-state index contributed by atoms with van der Waals surface area (Å²) < 4.78 is 0. The second kappa shape index (κ2) is 43.6. The van der Waals surface area contributed by atoms with Gasteiger partial charge in [-0.15, -0.1) is 0 Å². The summed E-state index contributed by atoms with van der Waals surface area (Å²) in [5.41, 5.74) is 0. The molecule has 52 heavy (non-hydrogen) atoms. The lowest BCUT2D eigenvalue weighted by Crippen LogP contribution is -2.37. The summed E-state index contributed by atoms with van der Waals surface area (Å²) in [7, 11) is 0. The van der Waals surface area contributed by atoms with E-state index in [4.69, 9.17) is 0 Å². The largest absolute Gasteiger partial charge is 0.365 e. The Morgan fingerprint density at radius 3 is 0.692 bits per heavy atom. The average molecular weight is 735 g/mol. The molecule has 0 aromatic rings. The van der Waals surface area contributed by atoms with E-state index < -0.39 is 5.79 Å². The molecule has 314 valence electrons. The Labute approximate surface area is 330 Å². The van der Waals surface area contributed by atoms with Gasteiger partial charge in [-0.2, -0.15) is 0 Å². The Balaban J connectivity index is 3.63. The van der Waals surface area contributed by atoms with Crippen LogP contribution < -0.4 is 0 Å². The van der Waals surface area contributed by atoms with E-state index in [0.717, 1.165) is 44.9 Å². The molecule has 0 saturated heterocycles. The van der Waals surface area contributed by atoms with Gasteiger partial charge in [-0.25, -0.2) is 0 Å². The summed E-state index contributed by atoms with van der Waals surface area (Å²) in [4.78, 5) is 0. The molecule has 0 aliphatic heterocycles. The zero-order chi connectivity index (χ0) is 37.9. The van der Waals surface area contributed by atoms with Gasteiger partial charge >= 0.3 is 0 Å². The van der Waals surface area contributed by atoms with Gasteiger partial charge in [0, 0.05) is 12.3 Å². The topological polar surface area (TPSA) is 40.5 Å². The van der Waals surface area contributed by atoms with Crippen molar-refractivity contribution in [3.8, 4) is 0 Å². The van der Waals surface area contributed by atoms with E-state index in [1.165, 1.54) is 238 Å². The van der Waals surface area contributed by atoms with Gasteiger partial charge in [-0.1, -0.05) is 284 Å². The van der Waals surface area contributed by atoms with Crippen LogP contribution in [0.1, 0.15) is 310 Å². The highest BCUT2D eigenvalue weighted by Crippen LogP contribution is 2.31. The fraction of sp³-hybridized carbons (Fsp3) is 1.00. The van der Waals surface area contributed by atoms with Gasteiger partial charge in [0.25, 0.3) is 0 Å². The maximum Gasteiger partial charge on any atom is 0.165 e. The summed E-state index contributed by atoms with van der Waals surface area (Å²) in [5.74, 6) is -1.40. The maximum atomic E-state index is 11.1. The van der Waals surface area contributed by atoms with Crippen LogP contribution in [0, 0.1) is 5.92 Å². The summed E-state index contributed by atoms with van der Waals surface area (Å²) in [5, 5.41) is 22.1. The average Bonchev–Trinajstić information content (AvgIpc) is 3.14. The predicted octanol–water partition coefficient (Wildman–Crippen LogP) is 17.9. The van der Waals surface area contributed by atoms with Gasteiger partial charge in [0.1, 0.15) is 0 Å². The van der Waals surface area contributed by atoms with Gasteiger partial charge in [0.05, 0.1) is 0 Å². The second-order valence-electron chi connectivity index (χ2n) is 17.7. The van der Waals surface area contributed by atoms with Crippen molar-refractivity contribution in [3.05, 3.63) is 0 Å². The standard InChI is InChI=1S/C50H102O2/c1-4-7-10-12-14-16-18-20-22-24-26-28-30-32-34-36-38-40-42-44-47-49(46-9-6-3)50(51,52)48-45-43-41-39-37-35-33-31-29-27-25-23-21-19-17-15-13-11-8-5-2/h49,51-52H,4-48H2,1-3H3. The molecule has 0 aromatic carbocycles. The van der Waals surface area contributed by atoms with Crippen LogP contribution in [0.5, 0.6) is 0 Å². The third-order valence-electron chi connectivity index (χ3n) is 12.4. The molecule has 0 saturated carbocycles. The summed E-state index contributed by atoms with van der Waals surface area (Å²) in [6, 6.07) is 0. The van der Waals surface area contributed by atoms with Gasteiger partial charge in [0.15, 0.2) is 5.79 Å². The Morgan fingerprint density at radius 2 is 0.442 bits per heavy atom. The lowest BCUT2D eigenvalue weighted by atomic mass is 9.84. The number of unbranched alkanes of at least 4 members (excludes halogenated alkanes) is 39. The van der Waals surface area contributed by atoms with Crippen LogP contribution in [0.2, 0.25) is 0 Å². The van der Waals surface area contributed by atoms with Gasteiger partial charge < -0.3 is 10.2 Å². The molecule has 2 N–H and O–H groups in total. The van der Waals surface area contributed by atoms with Gasteiger partial charge in [-0.05, 0) is 19.3 Å². The van der Waals surface area contributed by atoms with Crippen molar-refractivity contribution >= 4 is 0 Å². The van der Waals surface area contributed by atoms with Crippen LogP contribution in [-0.2, 0) is 0 Å². The third-order valence-corrected chi connectivity index (χ3v) is 12.4. The van der Waals surface area contributed by atoms with E-state index in [-0.39, 0.29) is 5.92 Å². The minimum Gasteiger partial charge on any atom is -0.365 e. The fourth-order valence-electron chi connectivity index (χ4n) is 8.55. The highest BCUT2D eigenvalue weighted by Gasteiger charge is 2.32. The molecule has 0 heterocycles. The molecule has 2 nitrogen and oxygen atoms in total. The van der Waals surface area contributed by atoms with Crippen molar-refractivity contribution < 1.29 is 10.2 Å². The van der Waals surface area contributed by atoms with Crippen molar-refractivity contribution in [2.75, 3.05) is 0 Å². The number of hydrogen-bond donors (Lipinski definition) is 2. The monoisotopic (exact) mass is 735 g/mol. The molecule has 0 aliphatic rings. The van der Waals surface area contributed by atoms with E-state index in [9.17, 15) is 10.2 Å². The first-order valence-electron chi connectivity index (χ1n) is 25.0. The lowest BCUT2D eigenvalue weighted by Gasteiger charge is -2.32. The highest BCUT2D eigenvalue weighted by atomic mass is 16.5. The molecule has 0 amide bonds. The van der Waals surface area contributed by atoms with E-state index in [1.54, 1.807) is 0 Å². The molecule has 0 fully saturated rings. The second-order valence-corrected chi connectivity index (χ2v) is 17.7. The van der Waals surface area contributed by atoms with Crippen LogP contribution in [-0.4, -0.2) is 16.0 Å². The first-order valence-corrected chi connectivity index (χ1v) is 25.0. The first kappa shape index (κ1) is 51.9. The van der Waals surface area contributed by atoms with Crippen LogP contribution in [0.4, 0.5) is 0 Å². The summed E-state index contributed by atoms with van der Waals surface area (Å²) in [6.07, 6.45) is 60.5.